The van der Waals surface area contributed by atoms with Gasteiger partial charge in [0.05, 0.1) is 6.61 Å². The van der Waals surface area contributed by atoms with Crippen molar-refractivity contribution >= 4 is 51.0 Å². The molecule has 4 aromatic rings. The van der Waals surface area contributed by atoms with Gasteiger partial charge in [0.15, 0.2) is 11.1 Å². The first-order valence-electron chi connectivity index (χ1n) is 11.0. The molecule has 0 saturated heterocycles. The molecule has 1 amide bonds. The van der Waals surface area contributed by atoms with Crippen LogP contribution in [-0.2, 0) is 9.53 Å². The number of thiophene rings is 1. The van der Waals surface area contributed by atoms with Gasteiger partial charge in [-0.25, -0.2) is 4.79 Å². The smallest absolute Gasteiger partial charge is 0.341 e. The Kier molecular flexibility index (Phi) is 7.52. The molecule has 0 bridgehead atoms. The van der Waals surface area contributed by atoms with Gasteiger partial charge in [-0.05, 0) is 24.6 Å². The maximum atomic E-state index is 13.4. The number of aliphatic hydroxyl groups is 1. The first kappa shape index (κ1) is 25.4. The van der Waals surface area contributed by atoms with Gasteiger partial charge in [-0.1, -0.05) is 48.5 Å². The van der Waals surface area contributed by atoms with E-state index < -0.39 is 17.8 Å². The number of hydrogen-bond donors (Lipinski definition) is 4. The molecule has 2 aromatic heterocycles. The molecule has 11 heteroatoms. The lowest BCUT2D eigenvalue weighted by Crippen LogP contribution is -2.34. The average Bonchev–Trinajstić information content (AvgIpc) is 3.47. The minimum Gasteiger partial charge on any atom is -0.494 e. The zero-order chi connectivity index (χ0) is 26.5. The van der Waals surface area contributed by atoms with Crippen molar-refractivity contribution in [3.63, 3.8) is 0 Å². The second-order valence-corrected chi connectivity index (χ2v) is 9.40. The van der Waals surface area contributed by atoms with Gasteiger partial charge in [0.25, 0.3) is 5.91 Å². The lowest BCUT2D eigenvalue weighted by molar-refractivity contribution is -0.111. The number of ether oxygens (including phenoxy) is 1. The first-order valence-corrected chi connectivity index (χ1v) is 12.7. The lowest BCUT2D eigenvalue weighted by atomic mass is 10.0. The molecule has 2 aromatic carbocycles. The first-order chi connectivity index (χ1) is 17.9. The van der Waals surface area contributed by atoms with Crippen molar-refractivity contribution in [2.45, 2.75) is 6.92 Å². The monoisotopic (exact) mass is 531 g/mol. The third-order valence-corrected chi connectivity index (χ3v) is 7.30. The Morgan fingerprint density at radius 2 is 1.81 bits per heavy atom. The molecule has 0 aliphatic heterocycles. The van der Waals surface area contributed by atoms with E-state index >= 15 is 0 Å². The van der Waals surface area contributed by atoms with Gasteiger partial charge in [-0.15, -0.1) is 22.7 Å². The Bertz CT molecular complexity index is 1690. The minimum absolute atomic E-state index is 0.00843. The van der Waals surface area contributed by atoms with E-state index in [9.17, 15) is 20.0 Å². The average molecular weight is 532 g/mol. The van der Waals surface area contributed by atoms with Crippen molar-refractivity contribution in [3.05, 3.63) is 86.3 Å². The van der Waals surface area contributed by atoms with Gasteiger partial charge in [-0.2, -0.15) is 5.26 Å². The fourth-order valence-electron chi connectivity index (χ4n) is 3.60. The number of hydrogen-bond acceptors (Lipinski definition) is 9. The Morgan fingerprint density at radius 3 is 2.41 bits per heavy atom. The maximum absolute atomic E-state index is 13.4. The third-order valence-electron chi connectivity index (χ3n) is 5.22. The molecule has 5 N–H and O–H groups in total. The summed E-state index contributed by atoms with van der Waals surface area (Å²) in [5, 5.41) is 33.0. The van der Waals surface area contributed by atoms with E-state index in [1.54, 1.807) is 42.6 Å². The highest BCUT2D eigenvalue weighted by atomic mass is 32.1. The van der Waals surface area contributed by atoms with Gasteiger partial charge in [0, 0.05) is 16.6 Å². The second-order valence-electron chi connectivity index (χ2n) is 7.52. The number of para-hydroxylation sites is 1. The number of aromatic nitrogens is 1. The van der Waals surface area contributed by atoms with E-state index in [2.05, 4.69) is 5.32 Å². The summed E-state index contributed by atoms with van der Waals surface area (Å²) in [4.78, 5) is 26.3. The number of nitrogens with two attached hydrogens (primary N) is 1. The molecular weight excluding hydrogens is 510 g/mol. The molecule has 0 aliphatic carbocycles. The van der Waals surface area contributed by atoms with E-state index in [-0.39, 0.29) is 37.4 Å². The van der Waals surface area contributed by atoms with Crippen LogP contribution in [-0.4, -0.2) is 28.2 Å². The highest BCUT2D eigenvalue weighted by Gasteiger charge is 2.25. The van der Waals surface area contributed by atoms with Crippen molar-refractivity contribution in [2.75, 3.05) is 11.9 Å². The number of rotatable bonds is 6. The predicted molar refractivity (Wildman–Crippen MR) is 142 cm³/mol. The number of benzene rings is 2. The standard InChI is InChI=1S/C26H21N5O4S2/c1-2-35-26(34)19-18(15-9-5-3-6-10-15)14-36-24(19)30-23(33)17(13-27)25-31(16-11-7-4-8-12-16)21(28)20(37-25)22(29)32/h3-12,14,28,32H,2,29H2,1H3,(H,30,33)/b22-20+,25-17+,28-21?. The van der Waals surface area contributed by atoms with E-state index in [1.807, 2.05) is 36.4 Å². The third kappa shape index (κ3) is 5.02. The number of amides is 1. The highest BCUT2D eigenvalue weighted by molar-refractivity contribution is 7.15. The van der Waals surface area contributed by atoms with Crippen LogP contribution >= 0.6 is 22.7 Å². The fourth-order valence-corrected chi connectivity index (χ4v) is 5.57. The number of thiazole rings is 1. The van der Waals surface area contributed by atoms with Crippen LogP contribution in [0, 0.1) is 16.7 Å². The zero-order valence-electron chi connectivity index (χ0n) is 19.5. The second kappa shape index (κ2) is 10.9. The molecule has 4 rings (SSSR count). The molecule has 9 nitrogen and oxygen atoms in total. The number of nitriles is 1. The van der Waals surface area contributed by atoms with Crippen molar-refractivity contribution in [3.8, 4) is 22.9 Å². The molecule has 37 heavy (non-hydrogen) atoms. The Morgan fingerprint density at radius 1 is 1.16 bits per heavy atom. The van der Waals surface area contributed by atoms with Gasteiger partial charge in [0.2, 0.25) is 5.88 Å². The van der Waals surface area contributed by atoms with Crippen LogP contribution in [0.5, 0.6) is 0 Å². The molecule has 0 fully saturated rings. The summed E-state index contributed by atoms with van der Waals surface area (Å²) < 4.78 is 6.70. The topological polar surface area (TPSA) is 154 Å². The van der Waals surface area contributed by atoms with Gasteiger partial charge < -0.3 is 20.9 Å². The summed E-state index contributed by atoms with van der Waals surface area (Å²) in [7, 11) is 0. The van der Waals surface area contributed by atoms with Gasteiger partial charge >= 0.3 is 5.97 Å². The predicted octanol–water partition coefficient (Wildman–Crippen LogP) is 2.82. The van der Waals surface area contributed by atoms with Crippen LogP contribution in [0.15, 0.2) is 66.0 Å². The van der Waals surface area contributed by atoms with Gasteiger partial charge in [0.1, 0.15) is 25.8 Å². The number of nitrogens with zero attached hydrogens (tertiary/aromatic N) is 2. The molecule has 0 saturated carbocycles. The summed E-state index contributed by atoms with van der Waals surface area (Å²) in [6, 6.07) is 19.8. The molecule has 186 valence electrons. The number of carbonyl (C=O) groups is 2. The molecule has 0 spiro atoms. The van der Waals surface area contributed by atoms with Crippen LogP contribution in [0.25, 0.3) is 28.3 Å². The van der Waals surface area contributed by atoms with Crippen molar-refractivity contribution in [2.24, 2.45) is 5.73 Å². The number of anilines is 1. The summed E-state index contributed by atoms with van der Waals surface area (Å²) in [6.45, 7) is 1.83. The van der Waals surface area contributed by atoms with Crippen LogP contribution in [0.3, 0.4) is 0 Å². The zero-order valence-corrected chi connectivity index (χ0v) is 21.2. The molecular formula is C26H21N5O4S2. The van der Waals surface area contributed by atoms with Crippen molar-refractivity contribution in [1.29, 1.82) is 10.7 Å². The number of nitrogens with one attached hydrogen (secondary N) is 2. The lowest BCUT2D eigenvalue weighted by Gasteiger charge is -2.09. The summed E-state index contributed by atoms with van der Waals surface area (Å²) in [5.41, 5.74) is 7.10. The molecule has 2 heterocycles. The van der Waals surface area contributed by atoms with E-state index in [0.29, 0.717) is 11.3 Å². The molecule has 0 atom stereocenters. The number of carbonyl (C=O) groups excluding carboxylic acids is 2. The Balaban J connectivity index is 1.88. The minimum atomic E-state index is -0.788. The molecule has 0 unspecified atom stereocenters. The van der Waals surface area contributed by atoms with Crippen LogP contribution < -0.4 is 25.7 Å². The fraction of sp³-hybridized carbons (Fsp3) is 0.0769. The van der Waals surface area contributed by atoms with E-state index in [0.717, 1.165) is 28.2 Å². The largest absolute Gasteiger partial charge is 0.494 e. The number of aliphatic hydroxyl groups excluding tert-OH is 1. The SMILES string of the molecule is CCOC(=O)c1c(-c2ccccc2)csc1NC(=O)/C(C#N)=c1/s/c(=C(\N)O)c(=N)n1-c1ccccc1. The van der Waals surface area contributed by atoms with E-state index in [4.69, 9.17) is 15.9 Å². The summed E-state index contributed by atoms with van der Waals surface area (Å²) in [6.07, 6.45) is 0. The maximum Gasteiger partial charge on any atom is 0.341 e. The summed E-state index contributed by atoms with van der Waals surface area (Å²) >= 11 is 1.97. The van der Waals surface area contributed by atoms with Gasteiger partial charge in [-0.3, -0.25) is 14.8 Å². The van der Waals surface area contributed by atoms with Crippen LogP contribution in [0.1, 0.15) is 17.3 Å². The quantitative estimate of drug-likeness (QED) is 0.281. The Hall–Kier alpha value is -4.66. The van der Waals surface area contributed by atoms with Crippen LogP contribution in [0.2, 0.25) is 0 Å². The Labute approximate surface area is 219 Å². The normalized spacial score (nSPS) is 12.3. The van der Waals surface area contributed by atoms with E-state index in [1.165, 1.54) is 4.57 Å². The molecule has 0 radical (unpaired) electrons. The van der Waals surface area contributed by atoms with Crippen LogP contribution in [0.4, 0.5) is 5.00 Å². The molecule has 0 aliphatic rings. The highest BCUT2D eigenvalue weighted by Crippen LogP contribution is 2.36. The van der Waals surface area contributed by atoms with Crippen molar-refractivity contribution in [1.82, 2.24) is 4.57 Å². The summed E-state index contributed by atoms with van der Waals surface area (Å²) in [5.74, 6) is -1.99. The number of esters is 1. The van der Waals surface area contributed by atoms with Crippen molar-refractivity contribution < 1.29 is 19.4 Å².